The molecule has 3 rings (SSSR count). The molecule has 0 saturated heterocycles. The maximum absolute atomic E-state index is 2.30. The Morgan fingerprint density at radius 1 is 0.667 bits per heavy atom. The fraction of sp³-hybridized carbons (Fsp3) is 0.200. The number of hydrogen-bond donors (Lipinski definition) is 0. The maximum Gasteiger partial charge on any atom is 0.105 e. The summed E-state index contributed by atoms with van der Waals surface area (Å²) < 4.78 is 0.956. The first-order valence-corrected chi connectivity index (χ1v) is 7.47. The summed E-state index contributed by atoms with van der Waals surface area (Å²) in [5.41, 5.74) is 2.82. The van der Waals surface area contributed by atoms with Crippen LogP contribution in [0.15, 0.2) is 72.8 Å². The van der Waals surface area contributed by atoms with Gasteiger partial charge in [-0.1, -0.05) is 72.8 Å². The standard InChI is InChI=1S/C20H22N/c1-21(2,15-17-9-4-3-5-10-17)16-19-13-8-12-18-11-6-7-14-20(18)19/h3-14H,15-16H2,1-2H3/q+1. The highest BCUT2D eigenvalue weighted by atomic mass is 15.3. The molecule has 1 nitrogen and oxygen atoms in total. The van der Waals surface area contributed by atoms with E-state index in [1.54, 1.807) is 0 Å². The minimum atomic E-state index is 0.956. The molecule has 0 unspecified atom stereocenters. The molecule has 3 aromatic carbocycles. The first-order chi connectivity index (χ1) is 10.1. The molecular weight excluding hydrogens is 254 g/mol. The quantitative estimate of drug-likeness (QED) is 0.610. The second-order valence-corrected chi connectivity index (χ2v) is 6.38. The Morgan fingerprint density at radius 3 is 2.14 bits per heavy atom. The number of fused-ring (bicyclic) bond motifs is 1. The van der Waals surface area contributed by atoms with E-state index in [-0.39, 0.29) is 0 Å². The van der Waals surface area contributed by atoms with E-state index < -0.39 is 0 Å². The van der Waals surface area contributed by atoms with Crippen molar-refractivity contribution in [2.45, 2.75) is 13.1 Å². The lowest BCUT2D eigenvalue weighted by atomic mass is 10.0. The van der Waals surface area contributed by atoms with Crippen molar-refractivity contribution < 1.29 is 4.48 Å². The minimum absolute atomic E-state index is 0.956. The van der Waals surface area contributed by atoms with Crippen LogP contribution in [0.3, 0.4) is 0 Å². The van der Waals surface area contributed by atoms with Crippen LogP contribution in [-0.2, 0) is 13.1 Å². The third-order valence-electron chi connectivity index (χ3n) is 3.93. The Bertz CT molecular complexity index is 724. The summed E-state index contributed by atoms with van der Waals surface area (Å²) in [4.78, 5) is 0. The minimum Gasteiger partial charge on any atom is -0.321 e. The van der Waals surface area contributed by atoms with Crippen LogP contribution in [0.5, 0.6) is 0 Å². The van der Waals surface area contributed by atoms with E-state index in [1.807, 2.05) is 0 Å². The largest absolute Gasteiger partial charge is 0.321 e. The average Bonchev–Trinajstić information content (AvgIpc) is 2.48. The number of benzene rings is 3. The van der Waals surface area contributed by atoms with E-state index in [0.29, 0.717) is 0 Å². The van der Waals surface area contributed by atoms with E-state index >= 15 is 0 Å². The molecule has 0 bridgehead atoms. The monoisotopic (exact) mass is 276 g/mol. The van der Waals surface area contributed by atoms with Gasteiger partial charge in [-0.2, -0.15) is 0 Å². The molecule has 0 aromatic heterocycles. The second-order valence-electron chi connectivity index (χ2n) is 6.38. The number of hydrogen-bond acceptors (Lipinski definition) is 0. The fourth-order valence-corrected chi connectivity index (χ4v) is 3.03. The molecule has 106 valence electrons. The molecule has 1 heteroatoms. The summed E-state index contributed by atoms with van der Waals surface area (Å²) in [5, 5.41) is 2.70. The van der Waals surface area contributed by atoms with E-state index in [9.17, 15) is 0 Å². The van der Waals surface area contributed by atoms with Gasteiger partial charge in [-0.15, -0.1) is 0 Å². The van der Waals surface area contributed by atoms with Crippen molar-refractivity contribution in [3.05, 3.63) is 83.9 Å². The van der Waals surface area contributed by atoms with Gasteiger partial charge in [0, 0.05) is 11.1 Å². The van der Waals surface area contributed by atoms with Gasteiger partial charge in [-0.05, 0) is 10.8 Å². The Labute approximate surface area is 127 Å². The van der Waals surface area contributed by atoms with Crippen LogP contribution in [0.25, 0.3) is 10.8 Å². The van der Waals surface area contributed by atoms with Crippen LogP contribution < -0.4 is 0 Å². The van der Waals surface area contributed by atoms with Gasteiger partial charge in [-0.25, -0.2) is 0 Å². The molecule has 0 aliphatic carbocycles. The molecule has 0 amide bonds. The van der Waals surface area contributed by atoms with Gasteiger partial charge >= 0.3 is 0 Å². The lowest BCUT2D eigenvalue weighted by Gasteiger charge is -2.30. The molecular formula is C20H22N+. The van der Waals surface area contributed by atoms with Gasteiger partial charge in [0.2, 0.25) is 0 Å². The first kappa shape index (κ1) is 13.8. The smallest absolute Gasteiger partial charge is 0.105 e. The molecule has 0 atom stereocenters. The Kier molecular flexibility index (Phi) is 3.76. The van der Waals surface area contributed by atoms with Crippen LogP contribution >= 0.6 is 0 Å². The van der Waals surface area contributed by atoms with E-state index in [4.69, 9.17) is 0 Å². The molecule has 0 fully saturated rings. The van der Waals surface area contributed by atoms with E-state index in [1.165, 1.54) is 21.9 Å². The summed E-state index contributed by atoms with van der Waals surface area (Å²) in [6.45, 7) is 2.08. The van der Waals surface area contributed by atoms with Gasteiger partial charge in [0.1, 0.15) is 13.1 Å². The highest BCUT2D eigenvalue weighted by Gasteiger charge is 2.17. The van der Waals surface area contributed by atoms with Crippen LogP contribution in [0.2, 0.25) is 0 Å². The number of quaternary nitrogens is 1. The van der Waals surface area contributed by atoms with Crippen molar-refractivity contribution in [2.75, 3.05) is 14.1 Å². The molecule has 0 radical (unpaired) electrons. The summed E-state index contributed by atoms with van der Waals surface area (Å²) in [6, 6.07) is 26.0. The third-order valence-corrected chi connectivity index (χ3v) is 3.93. The normalized spacial score (nSPS) is 11.7. The summed E-state index contributed by atoms with van der Waals surface area (Å²) >= 11 is 0. The number of nitrogens with zero attached hydrogens (tertiary/aromatic N) is 1. The fourth-order valence-electron chi connectivity index (χ4n) is 3.03. The highest BCUT2D eigenvalue weighted by molar-refractivity contribution is 5.85. The highest BCUT2D eigenvalue weighted by Crippen LogP contribution is 2.22. The van der Waals surface area contributed by atoms with Gasteiger partial charge in [-0.3, -0.25) is 0 Å². The topological polar surface area (TPSA) is 0 Å². The molecule has 0 heterocycles. The van der Waals surface area contributed by atoms with Crippen LogP contribution in [-0.4, -0.2) is 18.6 Å². The summed E-state index contributed by atoms with van der Waals surface area (Å²) in [7, 11) is 4.60. The summed E-state index contributed by atoms with van der Waals surface area (Å²) in [6.07, 6.45) is 0. The van der Waals surface area contributed by atoms with Gasteiger partial charge in [0.25, 0.3) is 0 Å². The van der Waals surface area contributed by atoms with Gasteiger partial charge < -0.3 is 4.48 Å². The summed E-state index contributed by atoms with van der Waals surface area (Å²) in [5.74, 6) is 0. The van der Waals surface area contributed by atoms with E-state index in [2.05, 4.69) is 86.9 Å². The van der Waals surface area contributed by atoms with Crippen molar-refractivity contribution >= 4 is 10.8 Å². The average molecular weight is 276 g/mol. The predicted octanol–water partition coefficient (Wildman–Crippen LogP) is 4.62. The van der Waals surface area contributed by atoms with Crippen LogP contribution in [0.1, 0.15) is 11.1 Å². The zero-order valence-corrected chi connectivity index (χ0v) is 12.8. The first-order valence-electron chi connectivity index (χ1n) is 7.47. The van der Waals surface area contributed by atoms with Crippen molar-refractivity contribution in [3.63, 3.8) is 0 Å². The zero-order chi connectivity index (χ0) is 14.7. The van der Waals surface area contributed by atoms with Crippen LogP contribution in [0.4, 0.5) is 0 Å². The molecule has 3 aromatic rings. The molecule has 0 saturated carbocycles. The predicted molar refractivity (Wildman–Crippen MR) is 89.9 cm³/mol. The lowest BCUT2D eigenvalue weighted by molar-refractivity contribution is -0.916. The number of rotatable bonds is 4. The van der Waals surface area contributed by atoms with Crippen molar-refractivity contribution in [2.24, 2.45) is 0 Å². The molecule has 21 heavy (non-hydrogen) atoms. The second kappa shape index (κ2) is 5.71. The van der Waals surface area contributed by atoms with Crippen molar-refractivity contribution in [1.29, 1.82) is 0 Å². The molecule has 0 spiro atoms. The molecule has 0 N–H and O–H groups in total. The lowest BCUT2D eigenvalue weighted by Crippen LogP contribution is -2.37. The van der Waals surface area contributed by atoms with Gasteiger partial charge in [0.05, 0.1) is 14.1 Å². The Balaban J connectivity index is 1.87. The Morgan fingerprint density at radius 2 is 1.33 bits per heavy atom. The Hall–Kier alpha value is -2.12. The maximum atomic E-state index is 2.30. The van der Waals surface area contributed by atoms with Crippen LogP contribution in [0, 0.1) is 0 Å². The SMILES string of the molecule is C[N+](C)(Cc1ccccc1)Cc1cccc2ccccc12. The van der Waals surface area contributed by atoms with Gasteiger partial charge in [0.15, 0.2) is 0 Å². The third kappa shape index (κ3) is 3.32. The van der Waals surface area contributed by atoms with E-state index in [0.717, 1.165) is 17.6 Å². The van der Waals surface area contributed by atoms with Crippen molar-refractivity contribution in [3.8, 4) is 0 Å². The zero-order valence-electron chi connectivity index (χ0n) is 12.8. The molecule has 0 aliphatic heterocycles. The van der Waals surface area contributed by atoms with Crippen molar-refractivity contribution in [1.82, 2.24) is 0 Å². The molecule has 0 aliphatic rings.